The van der Waals surface area contributed by atoms with Gasteiger partial charge >= 0.3 is 6.03 Å². The number of likely N-dealkylation sites (tertiary alicyclic amines) is 1. The number of imide groups is 1. The summed E-state index contributed by atoms with van der Waals surface area (Å²) < 4.78 is 1.96. The zero-order valence-electron chi connectivity index (χ0n) is 16.2. The first-order chi connectivity index (χ1) is 14.5. The van der Waals surface area contributed by atoms with Crippen molar-refractivity contribution in [2.45, 2.75) is 19.8 Å². The van der Waals surface area contributed by atoms with Crippen molar-refractivity contribution in [3.63, 3.8) is 0 Å². The van der Waals surface area contributed by atoms with Crippen LogP contribution in [0.3, 0.4) is 0 Å². The number of carbonyl (C=O) groups excluding carboxylic acids is 3. The largest absolute Gasteiger partial charge is 0.352 e. The molecule has 2 fully saturated rings. The maximum absolute atomic E-state index is 12.2. The minimum Gasteiger partial charge on any atom is -0.352 e. The van der Waals surface area contributed by atoms with Crippen LogP contribution in [0, 0.1) is 6.92 Å². The second-order valence-corrected chi connectivity index (χ2v) is 9.29. The molecule has 0 spiro atoms. The molecule has 1 aromatic carbocycles. The molecule has 0 radical (unpaired) electrons. The van der Waals surface area contributed by atoms with Crippen molar-refractivity contribution in [2.75, 3.05) is 36.9 Å². The molecule has 0 unspecified atom stereocenters. The number of urea groups is 1. The Morgan fingerprint density at radius 3 is 2.47 bits per heavy atom. The molecular weight excluding hydrogens is 426 g/mol. The van der Waals surface area contributed by atoms with Crippen LogP contribution in [0.1, 0.15) is 18.4 Å². The Bertz CT molecular complexity index is 1180. The number of rotatable bonds is 5. The maximum Gasteiger partial charge on any atom is 0.343 e. The van der Waals surface area contributed by atoms with E-state index in [1.54, 1.807) is 0 Å². The Morgan fingerprint density at radius 2 is 1.80 bits per heavy atom. The van der Waals surface area contributed by atoms with Crippen molar-refractivity contribution in [3.05, 3.63) is 11.6 Å². The summed E-state index contributed by atoms with van der Waals surface area (Å²) in [5.41, 5.74) is 5.47. The van der Waals surface area contributed by atoms with Gasteiger partial charge in [-0.15, -0.1) is 0 Å². The summed E-state index contributed by atoms with van der Waals surface area (Å²) in [6, 6.07) is 1.53. The quantitative estimate of drug-likeness (QED) is 0.515. The predicted molar refractivity (Wildman–Crippen MR) is 116 cm³/mol. The van der Waals surface area contributed by atoms with E-state index in [4.69, 9.17) is 0 Å². The first-order valence-corrected chi connectivity index (χ1v) is 11.2. The van der Waals surface area contributed by atoms with E-state index >= 15 is 0 Å². The van der Waals surface area contributed by atoms with E-state index in [0.29, 0.717) is 10.3 Å². The molecule has 5 rings (SSSR count). The van der Waals surface area contributed by atoms with E-state index in [2.05, 4.69) is 26.0 Å². The van der Waals surface area contributed by atoms with Crippen LogP contribution in [0.4, 0.5) is 15.1 Å². The smallest absolute Gasteiger partial charge is 0.343 e. The lowest BCUT2D eigenvalue weighted by molar-refractivity contribution is -0.128. The fourth-order valence-electron chi connectivity index (χ4n) is 3.63. The van der Waals surface area contributed by atoms with E-state index < -0.39 is 6.03 Å². The lowest BCUT2D eigenvalue weighted by Gasteiger charge is -2.14. The summed E-state index contributed by atoms with van der Waals surface area (Å²) >= 11 is 2.90. The van der Waals surface area contributed by atoms with Crippen LogP contribution in [0.2, 0.25) is 0 Å². The van der Waals surface area contributed by atoms with Gasteiger partial charge in [-0.3, -0.25) is 20.3 Å². The number of aryl methyl sites for hydroxylation is 1. The lowest BCUT2D eigenvalue weighted by atomic mass is 10.2. The van der Waals surface area contributed by atoms with Crippen molar-refractivity contribution >= 4 is 71.2 Å². The predicted octanol–water partition coefficient (Wildman–Crippen LogP) is 2.13. The number of nitrogens with one attached hydrogen (secondary N) is 3. The second kappa shape index (κ2) is 7.36. The average molecular weight is 446 g/mol. The van der Waals surface area contributed by atoms with Gasteiger partial charge in [0.2, 0.25) is 16.9 Å². The maximum atomic E-state index is 12.2. The molecule has 0 bridgehead atoms. The van der Waals surface area contributed by atoms with Gasteiger partial charge in [-0.05, 0) is 25.8 Å². The number of thiazole rings is 2. The standard InChI is InChI=1S/C18H19N7O3S2/c1-9-14-10(29-16(21-14)19-7-13(27)24-4-2-3-5-24)6-11-15(9)22-17(30-11)23-25-8-12(26)20-18(25)28/h6H,2-5,7-8H2,1H3,(H,19,21)(H,22,23)(H,20,26,28). The number of fused-ring (bicyclic) bond motifs is 2. The van der Waals surface area contributed by atoms with Gasteiger partial charge in [-0.25, -0.2) is 19.8 Å². The molecule has 0 atom stereocenters. The van der Waals surface area contributed by atoms with Crippen molar-refractivity contribution in [1.82, 2.24) is 25.2 Å². The van der Waals surface area contributed by atoms with Crippen molar-refractivity contribution in [3.8, 4) is 0 Å². The van der Waals surface area contributed by atoms with E-state index in [1.807, 2.05) is 17.9 Å². The van der Waals surface area contributed by atoms with Crippen LogP contribution < -0.4 is 16.1 Å². The van der Waals surface area contributed by atoms with E-state index in [9.17, 15) is 14.4 Å². The highest BCUT2D eigenvalue weighted by atomic mass is 32.1. The minimum absolute atomic E-state index is 0.0461. The van der Waals surface area contributed by atoms with E-state index in [-0.39, 0.29) is 24.9 Å². The zero-order valence-corrected chi connectivity index (χ0v) is 17.8. The Morgan fingerprint density at radius 1 is 1.13 bits per heavy atom. The van der Waals surface area contributed by atoms with Gasteiger partial charge in [0.1, 0.15) is 6.54 Å². The van der Waals surface area contributed by atoms with E-state index in [0.717, 1.165) is 51.9 Å². The van der Waals surface area contributed by atoms with Gasteiger partial charge in [0.05, 0.1) is 27.0 Å². The molecule has 156 valence electrons. The molecule has 30 heavy (non-hydrogen) atoms. The molecule has 2 saturated heterocycles. The molecule has 12 heteroatoms. The van der Waals surface area contributed by atoms with Gasteiger partial charge in [0.15, 0.2) is 5.13 Å². The summed E-state index contributed by atoms with van der Waals surface area (Å²) in [6.45, 7) is 3.83. The molecule has 2 aliphatic rings. The van der Waals surface area contributed by atoms with Crippen LogP contribution in [-0.4, -0.2) is 63.9 Å². The Hall–Kier alpha value is -2.99. The third kappa shape index (κ3) is 3.41. The van der Waals surface area contributed by atoms with Gasteiger partial charge < -0.3 is 10.2 Å². The zero-order chi connectivity index (χ0) is 20.8. The highest BCUT2D eigenvalue weighted by molar-refractivity contribution is 7.24. The van der Waals surface area contributed by atoms with Crippen LogP contribution >= 0.6 is 22.7 Å². The van der Waals surface area contributed by atoms with Crippen molar-refractivity contribution in [1.29, 1.82) is 0 Å². The van der Waals surface area contributed by atoms with Crippen LogP contribution in [0.5, 0.6) is 0 Å². The molecule has 4 amide bonds. The molecule has 4 heterocycles. The van der Waals surface area contributed by atoms with Crippen LogP contribution in [0.25, 0.3) is 20.4 Å². The highest BCUT2D eigenvalue weighted by Gasteiger charge is 2.27. The molecule has 3 aromatic rings. The molecule has 2 aromatic heterocycles. The Balaban J connectivity index is 1.35. The highest BCUT2D eigenvalue weighted by Crippen LogP contribution is 2.37. The molecule has 10 nitrogen and oxygen atoms in total. The third-order valence-electron chi connectivity index (χ3n) is 5.15. The van der Waals surface area contributed by atoms with Crippen molar-refractivity contribution in [2.24, 2.45) is 0 Å². The minimum atomic E-state index is -0.488. The second-order valence-electron chi connectivity index (χ2n) is 7.23. The number of hydrazine groups is 1. The normalized spacial score (nSPS) is 16.7. The SMILES string of the molecule is Cc1c2nc(NCC(=O)N3CCCC3)sc2cc2sc(NN3CC(=O)NC3=O)nc12. The number of hydrogen-bond donors (Lipinski definition) is 3. The number of hydrogen-bond acceptors (Lipinski definition) is 9. The van der Waals surface area contributed by atoms with Gasteiger partial charge in [-0.1, -0.05) is 22.7 Å². The summed E-state index contributed by atoms with van der Waals surface area (Å²) in [5.74, 6) is -0.246. The number of nitrogens with zero attached hydrogens (tertiary/aromatic N) is 4. The Labute approximate surface area is 179 Å². The first kappa shape index (κ1) is 19.0. The summed E-state index contributed by atoms with van der Waals surface area (Å²) in [6.07, 6.45) is 2.15. The first-order valence-electron chi connectivity index (χ1n) is 9.58. The fourth-order valence-corrected chi connectivity index (χ4v) is 5.64. The number of anilines is 2. The monoisotopic (exact) mass is 445 g/mol. The molecular formula is C18H19N7O3S2. The average Bonchev–Trinajstić information content (AvgIpc) is 3.48. The molecule has 3 N–H and O–H groups in total. The topological polar surface area (TPSA) is 120 Å². The Kier molecular flexibility index (Phi) is 4.66. The van der Waals surface area contributed by atoms with Crippen LogP contribution in [-0.2, 0) is 9.59 Å². The molecule has 2 aliphatic heterocycles. The summed E-state index contributed by atoms with van der Waals surface area (Å²) in [7, 11) is 0. The molecule has 0 saturated carbocycles. The molecule has 0 aliphatic carbocycles. The van der Waals surface area contributed by atoms with Gasteiger partial charge in [0.25, 0.3) is 0 Å². The van der Waals surface area contributed by atoms with Gasteiger partial charge in [-0.2, -0.15) is 0 Å². The van der Waals surface area contributed by atoms with E-state index in [1.165, 1.54) is 27.7 Å². The van der Waals surface area contributed by atoms with Crippen molar-refractivity contribution < 1.29 is 14.4 Å². The third-order valence-corrected chi connectivity index (χ3v) is 7.02. The lowest BCUT2D eigenvalue weighted by Crippen LogP contribution is -2.33. The number of amides is 4. The van der Waals surface area contributed by atoms with Gasteiger partial charge in [0, 0.05) is 18.7 Å². The number of aromatic nitrogens is 2. The number of benzene rings is 1. The fraction of sp³-hybridized carbons (Fsp3) is 0.389. The summed E-state index contributed by atoms with van der Waals surface area (Å²) in [4.78, 5) is 46.4. The summed E-state index contributed by atoms with van der Waals surface area (Å²) in [5, 5.41) is 7.82. The number of carbonyl (C=O) groups is 3. The van der Waals surface area contributed by atoms with Crippen LogP contribution in [0.15, 0.2) is 6.07 Å².